The second kappa shape index (κ2) is 7.36. The Morgan fingerprint density at radius 1 is 1.11 bits per heavy atom. The number of methoxy groups -OCH3 is 2. The van der Waals surface area contributed by atoms with E-state index in [1.54, 1.807) is 18.2 Å². The Morgan fingerprint density at radius 2 is 1.81 bits per heavy atom. The first kappa shape index (κ1) is 18.2. The summed E-state index contributed by atoms with van der Waals surface area (Å²) in [6.45, 7) is 0. The van der Waals surface area contributed by atoms with Gasteiger partial charge in [-0.15, -0.1) is 0 Å². The predicted octanol–water partition coefficient (Wildman–Crippen LogP) is 0.811. The van der Waals surface area contributed by atoms with Crippen molar-refractivity contribution in [2.24, 2.45) is 0 Å². The predicted molar refractivity (Wildman–Crippen MR) is 94.8 cm³/mol. The molecule has 1 aliphatic rings. The van der Waals surface area contributed by atoms with Gasteiger partial charge in [0.2, 0.25) is 5.91 Å². The molecule has 0 radical (unpaired) electrons. The number of nitrogens with one attached hydrogen (secondary N) is 1. The Kier molecular flexibility index (Phi) is 4.98. The molecule has 27 heavy (non-hydrogen) atoms. The Balaban J connectivity index is 1.82. The molecule has 8 heteroatoms. The molecule has 0 unspecified atom stereocenters. The van der Waals surface area contributed by atoms with E-state index in [-0.39, 0.29) is 17.9 Å². The molecule has 1 N–H and O–H groups in total. The van der Waals surface area contributed by atoms with E-state index in [4.69, 9.17) is 9.47 Å². The molecule has 0 saturated carbocycles. The minimum absolute atomic E-state index is 0.0268. The lowest BCUT2D eigenvalue weighted by Gasteiger charge is -2.19. The van der Waals surface area contributed by atoms with Gasteiger partial charge in [-0.25, -0.2) is 4.90 Å². The lowest BCUT2D eigenvalue weighted by atomic mass is 10.2. The van der Waals surface area contributed by atoms with E-state index in [1.165, 1.54) is 38.5 Å². The summed E-state index contributed by atoms with van der Waals surface area (Å²) in [5, 5.41) is 13.8. The number of hydrogen-bond acceptors (Lipinski definition) is 7. The number of nitrogens with zero attached hydrogens (tertiary/aromatic N) is 1. The molecule has 2 amide bonds. The third kappa shape index (κ3) is 3.55. The number of carboxylic acids is 1. The number of hydrogen-bond donors (Lipinski definition) is 1. The maximum absolute atomic E-state index is 12.8. The Labute approximate surface area is 155 Å². The molecule has 2 aromatic carbocycles. The van der Waals surface area contributed by atoms with E-state index in [1.807, 2.05) is 0 Å². The van der Waals surface area contributed by atoms with E-state index in [0.717, 1.165) is 4.90 Å². The number of carboxylic acid groups (broad SMARTS) is 1. The monoisotopic (exact) mass is 369 g/mol. The van der Waals surface area contributed by atoms with E-state index in [9.17, 15) is 19.5 Å². The molecule has 1 saturated heterocycles. The molecular formula is C19H17N2O6-. The number of anilines is 2. The molecular weight excluding hydrogens is 352 g/mol. The number of imide groups is 1. The first-order chi connectivity index (χ1) is 12.9. The van der Waals surface area contributed by atoms with Crippen molar-refractivity contribution >= 4 is 29.2 Å². The zero-order valence-electron chi connectivity index (χ0n) is 14.7. The molecule has 8 nitrogen and oxygen atoms in total. The van der Waals surface area contributed by atoms with Crippen LogP contribution in [0.1, 0.15) is 16.8 Å². The van der Waals surface area contributed by atoms with Crippen molar-refractivity contribution in [3.8, 4) is 11.5 Å². The van der Waals surface area contributed by atoms with Crippen LogP contribution in [-0.4, -0.2) is 38.0 Å². The average Bonchev–Trinajstić information content (AvgIpc) is 2.94. The SMILES string of the molecule is COc1ccc(N2C(=O)C[C@H](Nc3ccc(C(=O)[O-])cc3)C2=O)c(OC)c1. The number of carbonyl (C=O) groups is 3. The van der Waals surface area contributed by atoms with Crippen LogP contribution in [0.3, 0.4) is 0 Å². The second-order valence-corrected chi connectivity index (χ2v) is 5.87. The van der Waals surface area contributed by atoms with Crippen molar-refractivity contribution in [1.82, 2.24) is 0 Å². The number of ether oxygens (including phenoxy) is 2. The van der Waals surface area contributed by atoms with E-state index in [0.29, 0.717) is 22.9 Å². The first-order valence-corrected chi connectivity index (χ1v) is 8.11. The summed E-state index contributed by atoms with van der Waals surface area (Å²) < 4.78 is 10.4. The van der Waals surface area contributed by atoms with Crippen molar-refractivity contribution in [3.05, 3.63) is 48.0 Å². The van der Waals surface area contributed by atoms with Gasteiger partial charge in [0.25, 0.3) is 5.91 Å². The van der Waals surface area contributed by atoms with Gasteiger partial charge in [0.15, 0.2) is 0 Å². The summed E-state index contributed by atoms with van der Waals surface area (Å²) in [5.41, 5.74) is 0.888. The maximum atomic E-state index is 12.8. The van der Waals surface area contributed by atoms with E-state index < -0.39 is 17.9 Å². The third-order valence-corrected chi connectivity index (χ3v) is 4.24. The fourth-order valence-electron chi connectivity index (χ4n) is 2.87. The zero-order valence-corrected chi connectivity index (χ0v) is 14.7. The van der Waals surface area contributed by atoms with Crippen LogP contribution in [0.15, 0.2) is 42.5 Å². The molecule has 0 aromatic heterocycles. The molecule has 0 spiro atoms. The van der Waals surface area contributed by atoms with Gasteiger partial charge in [0.1, 0.15) is 17.5 Å². The van der Waals surface area contributed by atoms with E-state index >= 15 is 0 Å². The fraction of sp³-hybridized carbons (Fsp3) is 0.211. The van der Waals surface area contributed by atoms with Crippen LogP contribution in [0.2, 0.25) is 0 Å². The number of benzene rings is 2. The largest absolute Gasteiger partial charge is 0.545 e. The van der Waals surface area contributed by atoms with Crippen molar-refractivity contribution < 1.29 is 29.0 Å². The first-order valence-electron chi connectivity index (χ1n) is 8.11. The fourth-order valence-corrected chi connectivity index (χ4v) is 2.87. The smallest absolute Gasteiger partial charge is 0.256 e. The Morgan fingerprint density at radius 3 is 2.41 bits per heavy atom. The Bertz CT molecular complexity index is 894. The van der Waals surface area contributed by atoms with Crippen LogP contribution in [0.5, 0.6) is 11.5 Å². The molecule has 1 heterocycles. The van der Waals surface area contributed by atoms with Crippen LogP contribution < -0.4 is 24.8 Å². The van der Waals surface area contributed by atoms with E-state index in [2.05, 4.69) is 5.32 Å². The minimum Gasteiger partial charge on any atom is -0.545 e. The van der Waals surface area contributed by atoms with Crippen LogP contribution in [0, 0.1) is 0 Å². The quantitative estimate of drug-likeness (QED) is 0.751. The van der Waals surface area contributed by atoms with Crippen molar-refractivity contribution in [2.45, 2.75) is 12.5 Å². The van der Waals surface area contributed by atoms with Crippen LogP contribution >= 0.6 is 0 Å². The number of rotatable bonds is 6. The molecule has 1 fully saturated rings. The molecule has 1 atom stereocenters. The highest BCUT2D eigenvalue weighted by Crippen LogP contribution is 2.35. The average molecular weight is 369 g/mol. The highest BCUT2D eigenvalue weighted by atomic mass is 16.5. The summed E-state index contributed by atoms with van der Waals surface area (Å²) >= 11 is 0. The third-order valence-electron chi connectivity index (χ3n) is 4.24. The van der Waals surface area contributed by atoms with Gasteiger partial charge >= 0.3 is 0 Å². The second-order valence-electron chi connectivity index (χ2n) is 5.87. The van der Waals surface area contributed by atoms with Crippen molar-refractivity contribution in [2.75, 3.05) is 24.4 Å². The van der Waals surface area contributed by atoms with Crippen molar-refractivity contribution in [1.29, 1.82) is 0 Å². The molecule has 2 aromatic rings. The van der Waals surface area contributed by atoms with Gasteiger partial charge in [0.05, 0.1) is 32.3 Å². The lowest BCUT2D eigenvalue weighted by Crippen LogP contribution is -2.35. The summed E-state index contributed by atoms with van der Waals surface area (Å²) in [4.78, 5) is 37.1. The highest BCUT2D eigenvalue weighted by molar-refractivity contribution is 6.23. The molecule has 0 bridgehead atoms. The number of amides is 2. The summed E-state index contributed by atoms with van der Waals surface area (Å²) in [7, 11) is 2.95. The maximum Gasteiger partial charge on any atom is 0.256 e. The van der Waals surface area contributed by atoms with Gasteiger partial charge in [-0.1, -0.05) is 12.1 Å². The highest BCUT2D eigenvalue weighted by Gasteiger charge is 2.40. The molecule has 1 aliphatic heterocycles. The zero-order chi connectivity index (χ0) is 19.6. The number of carbonyl (C=O) groups excluding carboxylic acids is 3. The van der Waals surface area contributed by atoms with Crippen molar-refractivity contribution in [3.63, 3.8) is 0 Å². The summed E-state index contributed by atoms with van der Waals surface area (Å²) in [5.74, 6) is -1.20. The normalized spacial score (nSPS) is 16.4. The molecule has 3 rings (SSSR count). The lowest BCUT2D eigenvalue weighted by molar-refractivity contribution is -0.255. The van der Waals surface area contributed by atoms with Gasteiger partial charge in [-0.2, -0.15) is 0 Å². The van der Waals surface area contributed by atoms with Crippen LogP contribution in [-0.2, 0) is 9.59 Å². The number of aromatic carboxylic acids is 1. The summed E-state index contributed by atoms with van der Waals surface area (Å²) in [6.07, 6.45) is -0.0315. The van der Waals surface area contributed by atoms with Gasteiger partial charge < -0.3 is 24.7 Å². The Hall–Kier alpha value is -3.55. The van der Waals surface area contributed by atoms with Crippen LogP contribution in [0.25, 0.3) is 0 Å². The van der Waals surface area contributed by atoms with Crippen LogP contribution in [0.4, 0.5) is 11.4 Å². The van der Waals surface area contributed by atoms with Gasteiger partial charge in [0, 0.05) is 11.8 Å². The van der Waals surface area contributed by atoms with Gasteiger partial charge in [-0.3, -0.25) is 9.59 Å². The molecule has 140 valence electrons. The standard InChI is InChI=1S/C19H18N2O6/c1-26-13-7-8-15(16(9-13)27-2)21-17(22)10-14(18(21)23)20-12-5-3-11(4-6-12)19(24)25/h3-9,14,20H,10H2,1-2H3,(H,24,25)/p-1/t14-/m0/s1. The summed E-state index contributed by atoms with van der Waals surface area (Å²) in [6, 6.07) is 9.81. The van der Waals surface area contributed by atoms with Gasteiger partial charge in [-0.05, 0) is 29.8 Å². The minimum atomic E-state index is -1.29. The molecule has 0 aliphatic carbocycles. The topological polar surface area (TPSA) is 108 Å².